The summed E-state index contributed by atoms with van der Waals surface area (Å²) >= 11 is 0. The second-order valence-corrected chi connectivity index (χ2v) is 20.9. The molecule has 13 atom stereocenters. The quantitative estimate of drug-likeness (QED) is 0.312. The van der Waals surface area contributed by atoms with Crippen LogP contribution in [0.1, 0.15) is 156 Å². The van der Waals surface area contributed by atoms with Crippen LogP contribution in [0.3, 0.4) is 0 Å². The summed E-state index contributed by atoms with van der Waals surface area (Å²) < 4.78 is 6.52. The van der Waals surface area contributed by atoms with Crippen LogP contribution in [0.2, 0.25) is 0 Å². The van der Waals surface area contributed by atoms with Crippen molar-refractivity contribution in [2.45, 2.75) is 150 Å². The maximum atomic E-state index is 6.52. The van der Waals surface area contributed by atoms with Crippen LogP contribution in [-0.4, -0.2) is 13.2 Å². The van der Waals surface area contributed by atoms with Gasteiger partial charge in [0.15, 0.2) is 0 Å². The maximum Gasteiger partial charge on any atom is 0.0675 e. The number of hydrogen-bond donors (Lipinski definition) is 0. The van der Waals surface area contributed by atoms with Crippen molar-refractivity contribution in [2.24, 2.45) is 64.6 Å². The van der Waals surface area contributed by atoms with Crippen LogP contribution in [0.15, 0.2) is 48.5 Å². The van der Waals surface area contributed by atoms with Crippen molar-refractivity contribution in [3.63, 3.8) is 0 Å². The van der Waals surface area contributed by atoms with Gasteiger partial charge in [0.2, 0.25) is 0 Å². The minimum absolute atomic E-state index is 0.169. The predicted octanol–water partition coefficient (Wildman–Crippen LogP) is 12.8. The fraction of sp³-hybridized carbons (Fsp3) is 0.745. The molecule has 4 fully saturated rings. The van der Waals surface area contributed by atoms with Crippen molar-refractivity contribution < 1.29 is 4.74 Å². The molecule has 4 aliphatic carbocycles. The molecule has 2 aromatic rings. The Labute approximate surface area is 296 Å². The second-order valence-electron chi connectivity index (χ2n) is 20.9. The fourth-order valence-electron chi connectivity index (χ4n) is 12.3. The van der Waals surface area contributed by atoms with Crippen LogP contribution in [0.4, 0.5) is 0 Å². The largest absolute Gasteiger partial charge is 0.381 e. The summed E-state index contributed by atoms with van der Waals surface area (Å²) in [6, 6.07) is 19.3. The second kappa shape index (κ2) is 13.2. The molecule has 0 spiro atoms. The van der Waals surface area contributed by atoms with Crippen LogP contribution < -0.4 is 0 Å². The molecule has 1 nitrogen and oxygen atoms in total. The Balaban J connectivity index is 1.31. The molecule has 0 heterocycles. The third-order valence-electron chi connectivity index (χ3n) is 14.9. The molecule has 0 aromatic heterocycles. The van der Waals surface area contributed by atoms with E-state index in [1.54, 1.807) is 5.56 Å². The monoisotopic (exact) mass is 653 g/mol. The highest BCUT2D eigenvalue weighted by Crippen LogP contribution is 2.64. The van der Waals surface area contributed by atoms with E-state index < -0.39 is 0 Å². The van der Waals surface area contributed by atoms with Crippen molar-refractivity contribution in [2.75, 3.05) is 7.11 Å². The summed E-state index contributed by atoms with van der Waals surface area (Å²) in [5, 5.41) is 0. The van der Waals surface area contributed by atoms with Crippen molar-refractivity contribution in [1.82, 2.24) is 0 Å². The Hall–Kier alpha value is -1.60. The number of hydrogen-bond acceptors (Lipinski definition) is 1. The van der Waals surface area contributed by atoms with E-state index in [-0.39, 0.29) is 16.2 Å². The van der Waals surface area contributed by atoms with Crippen molar-refractivity contribution >= 4 is 0 Å². The standard InChI is InChI=1S/C47H72O/c1-28-19-20-35(32-23-33(45(4,5)6)25-34(24-32)46(7,8)9)39-22-30(3)37(42(28)39)26-36-29(2)21-40-38(36)27-41(47(10,11)12)44(48-13)43(40)31-17-15-14-16-18-31/h14-18,23-25,28-30,35-44H,19-22,26-27H2,1-13H3. The SMILES string of the molecule is COC1C(c2ccccc2)C2CC(C)C(CC3C(C)CC4C(c5cc(C(C)(C)C)cc(C(C)(C)C)c5)CCC(C)C34)C2CC1C(C)(C)C. The van der Waals surface area contributed by atoms with Gasteiger partial charge in [-0.05, 0) is 142 Å². The summed E-state index contributed by atoms with van der Waals surface area (Å²) in [5.74, 6) is 9.16. The smallest absolute Gasteiger partial charge is 0.0675 e. The molecule has 6 rings (SSSR count). The van der Waals surface area contributed by atoms with Gasteiger partial charge in [-0.15, -0.1) is 0 Å². The average molecular weight is 653 g/mol. The highest BCUT2D eigenvalue weighted by atomic mass is 16.5. The Bertz CT molecular complexity index is 1350. The molecular weight excluding hydrogens is 581 g/mol. The molecule has 266 valence electrons. The molecule has 1 heteroatoms. The van der Waals surface area contributed by atoms with Gasteiger partial charge in [-0.2, -0.15) is 0 Å². The number of benzene rings is 2. The molecule has 0 aliphatic heterocycles. The van der Waals surface area contributed by atoms with Gasteiger partial charge in [0.1, 0.15) is 0 Å². The molecule has 0 N–H and O–H groups in total. The van der Waals surface area contributed by atoms with Crippen LogP contribution in [0, 0.1) is 64.6 Å². The summed E-state index contributed by atoms with van der Waals surface area (Å²) in [5.41, 5.74) is 6.81. The molecule has 13 unspecified atom stereocenters. The van der Waals surface area contributed by atoms with Gasteiger partial charge in [0.05, 0.1) is 6.10 Å². The van der Waals surface area contributed by atoms with Gasteiger partial charge in [-0.25, -0.2) is 0 Å². The highest BCUT2D eigenvalue weighted by Gasteiger charge is 2.57. The zero-order chi connectivity index (χ0) is 34.9. The lowest BCUT2D eigenvalue weighted by molar-refractivity contribution is -0.0760. The summed E-state index contributed by atoms with van der Waals surface area (Å²) in [4.78, 5) is 0. The first-order valence-corrected chi connectivity index (χ1v) is 20.1. The van der Waals surface area contributed by atoms with E-state index >= 15 is 0 Å². The first-order valence-electron chi connectivity index (χ1n) is 20.1. The van der Waals surface area contributed by atoms with Crippen molar-refractivity contribution in [3.05, 3.63) is 70.8 Å². The van der Waals surface area contributed by atoms with Gasteiger partial charge in [0, 0.05) is 13.0 Å². The van der Waals surface area contributed by atoms with Gasteiger partial charge in [0.25, 0.3) is 0 Å². The Kier molecular flexibility index (Phi) is 9.94. The topological polar surface area (TPSA) is 9.23 Å². The lowest BCUT2D eigenvalue weighted by atomic mass is 9.57. The number of fused-ring (bicyclic) bond motifs is 2. The molecule has 0 saturated heterocycles. The minimum atomic E-state index is 0.169. The first kappa shape index (κ1) is 36.2. The van der Waals surface area contributed by atoms with Crippen LogP contribution >= 0.6 is 0 Å². The molecule has 0 radical (unpaired) electrons. The molecule has 2 aromatic carbocycles. The zero-order valence-corrected chi connectivity index (χ0v) is 33.3. The van der Waals surface area contributed by atoms with Gasteiger partial charge in [-0.3, -0.25) is 0 Å². The molecule has 4 aliphatic rings. The van der Waals surface area contributed by atoms with Crippen LogP contribution in [0.25, 0.3) is 0 Å². The van der Waals surface area contributed by atoms with Crippen molar-refractivity contribution in [1.29, 1.82) is 0 Å². The third-order valence-corrected chi connectivity index (χ3v) is 14.9. The predicted molar refractivity (Wildman–Crippen MR) is 206 cm³/mol. The normalized spacial score (nSPS) is 38.9. The van der Waals surface area contributed by atoms with E-state index in [1.165, 1.54) is 55.2 Å². The van der Waals surface area contributed by atoms with Crippen LogP contribution in [-0.2, 0) is 15.6 Å². The Morgan fingerprint density at radius 3 is 1.77 bits per heavy atom. The molecule has 0 bridgehead atoms. The zero-order valence-electron chi connectivity index (χ0n) is 33.3. The van der Waals surface area contributed by atoms with Gasteiger partial charge < -0.3 is 4.74 Å². The number of methoxy groups -OCH3 is 1. The van der Waals surface area contributed by atoms with E-state index in [1.807, 2.05) is 7.11 Å². The van der Waals surface area contributed by atoms with E-state index in [2.05, 4.69) is 132 Å². The molecular formula is C47H72O. The van der Waals surface area contributed by atoms with Crippen molar-refractivity contribution in [3.8, 4) is 0 Å². The fourth-order valence-corrected chi connectivity index (χ4v) is 12.3. The summed E-state index contributed by atoms with van der Waals surface area (Å²) in [7, 11) is 2.00. The number of ether oxygens (including phenoxy) is 1. The maximum absolute atomic E-state index is 6.52. The molecule has 4 saturated carbocycles. The molecule has 0 amide bonds. The van der Waals surface area contributed by atoms with E-state index in [0.717, 1.165) is 53.3 Å². The summed E-state index contributed by atoms with van der Waals surface area (Å²) in [6.07, 6.45) is 8.65. The minimum Gasteiger partial charge on any atom is -0.381 e. The Morgan fingerprint density at radius 1 is 0.625 bits per heavy atom. The highest BCUT2D eigenvalue weighted by molar-refractivity contribution is 5.39. The van der Waals surface area contributed by atoms with E-state index in [9.17, 15) is 0 Å². The lowest BCUT2D eigenvalue weighted by Crippen LogP contribution is -2.47. The first-order chi connectivity index (χ1) is 22.4. The van der Waals surface area contributed by atoms with Crippen LogP contribution in [0.5, 0.6) is 0 Å². The number of rotatable bonds is 5. The van der Waals surface area contributed by atoms with Gasteiger partial charge in [-0.1, -0.05) is 132 Å². The van der Waals surface area contributed by atoms with E-state index in [4.69, 9.17) is 4.74 Å². The Morgan fingerprint density at radius 2 is 1.21 bits per heavy atom. The lowest BCUT2D eigenvalue weighted by Gasteiger charge is -2.51. The molecule has 48 heavy (non-hydrogen) atoms. The van der Waals surface area contributed by atoms with E-state index in [0.29, 0.717) is 23.9 Å². The summed E-state index contributed by atoms with van der Waals surface area (Å²) in [6.45, 7) is 29.8. The average Bonchev–Trinajstić information content (AvgIpc) is 3.51. The van der Waals surface area contributed by atoms with Gasteiger partial charge >= 0.3 is 0 Å². The third kappa shape index (κ3) is 6.74.